The van der Waals surface area contributed by atoms with Crippen molar-refractivity contribution in [2.75, 3.05) is 13.6 Å². The molecule has 0 bridgehead atoms. The number of nitrogens with zero attached hydrogens (tertiary/aromatic N) is 4. The first kappa shape index (κ1) is 19.9. The molecule has 3 aromatic rings. The number of halogens is 1. The molecule has 28 heavy (non-hydrogen) atoms. The summed E-state index contributed by atoms with van der Waals surface area (Å²) in [6.45, 7) is 5.44. The molecule has 0 aliphatic carbocycles. The molecule has 1 aromatic carbocycles. The Morgan fingerprint density at radius 1 is 1.07 bits per heavy atom. The van der Waals surface area contributed by atoms with Crippen molar-refractivity contribution in [3.8, 4) is 5.82 Å². The molecular weight excluding hydrogens is 372 g/mol. The maximum Gasteiger partial charge on any atom is 0.191 e. The van der Waals surface area contributed by atoms with Gasteiger partial charge >= 0.3 is 0 Å². The second kappa shape index (κ2) is 9.37. The molecule has 2 N–H and O–H groups in total. The van der Waals surface area contributed by atoms with Gasteiger partial charge in [0.2, 0.25) is 0 Å². The highest BCUT2D eigenvalue weighted by molar-refractivity contribution is 6.30. The lowest BCUT2D eigenvalue weighted by Gasteiger charge is -2.12. The van der Waals surface area contributed by atoms with Gasteiger partial charge in [0.1, 0.15) is 0 Å². The van der Waals surface area contributed by atoms with E-state index in [0.29, 0.717) is 6.54 Å². The van der Waals surface area contributed by atoms with Crippen LogP contribution in [-0.4, -0.2) is 34.3 Å². The lowest BCUT2D eigenvalue weighted by molar-refractivity contribution is 0.784. The van der Waals surface area contributed by atoms with Crippen molar-refractivity contribution in [2.24, 2.45) is 4.99 Å². The summed E-state index contributed by atoms with van der Waals surface area (Å²) in [5, 5.41) is 11.9. The van der Waals surface area contributed by atoms with E-state index >= 15 is 0 Å². The monoisotopic (exact) mass is 396 g/mol. The van der Waals surface area contributed by atoms with Gasteiger partial charge in [-0.05, 0) is 55.7 Å². The first-order chi connectivity index (χ1) is 13.5. The predicted octanol–water partition coefficient (Wildman–Crippen LogP) is 3.45. The first-order valence-electron chi connectivity index (χ1n) is 9.22. The van der Waals surface area contributed by atoms with Gasteiger partial charge in [0.25, 0.3) is 0 Å². The van der Waals surface area contributed by atoms with E-state index in [1.54, 1.807) is 7.05 Å². The van der Waals surface area contributed by atoms with Crippen LogP contribution in [0.25, 0.3) is 5.82 Å². The van der Waals surface area contributed by atoms with Crippen LogP contribution in [0, 0.1) is 13.8 Å². The lowest BCUT2D eigenvalue weighted by Crippen LogP contribution is -2.37. The molecule has 0 spiro atoms. The Balaban J connectivity index is 1.49. The van der Waals surface area contributed by atoms with Gasteiger partial charge in [-0.3, -0.25) is 4.99 Å². The molecule has 0 unspecified atom stereocenters. The fraction of sp³-hybridized carbons (Fsp3) is 0.286. The third-order valence-electron chi connectivity index (χ3n) is 4.34. The molecule has 7 heteroatoms. The number of rotatable bonds is 6. The van der Waals surface area contributed by atoms with Crippen molar-refractivity contribution in [1.82, 2.24) is 25.4 Å². The number of guanidine groups is 1. The molecule has 0 amide bonds. The Hall–Kier alpha value is -2.86. The molecule has 0 aliphatic heterocycles. The Morgan fingerprint density at radius 3 is 2.43 bits per heavy atom. The van der Waals surface area contributed by atoms with Crippen molar-refractivity contribution in [3.05, 3.63) is 76.2 Å². The summed E-state index contributed by atoms with van der Waals surface area (Å²) < 4.78 is 1.85. The number of nitrogens with one attached hydrogen (secondary N) is 2. The zero-order chi connectivity index (χ0) is 19.9. The van der Waals surface area contributed by atoms with Crippen molar-refractivity contribution in [1.29, 1.82) is 0 Å². The average molecular weight is 397 g/mol. The van der Waals surface area contributed by atoms with E-state index in [0.717, 1.165) is 46.7 Å². The maximum absolute atomic E-state index is 5.92. The summed E-state index contributed by atoms with van der Waals surface area (Å²) in [4.78, 5) is 8.79. The van der Waals surface area contributed by atoms with E-state index in [-0.39, 0.29) is 0 Å². The fourth-order valence-corrected chi connectivity index (χ4v) is 3.02. The Bertz CT molecular complexity index is 929. The molecule has 0 saturated carbocycles. The van der Waals surface area contributed by atoms with Gasteiger partial charge in [0.15, 0.2) is 11.8 Å². The van der Waals surface area contributed by atoms with Gasteiger partial charge in [-0.2, -0.15) is 5.10 Å². The van der Waals surface area contributed by atoms with Gasteiger partial charge in [0, 0.05) is 37.1 Å². The van der Waals surface area contributed by atoms with E-state index in [4.69, 9.17) is 11.6 Å². The maximum atomic E-state index is 5.92. The van der Waals surface area contributed by atoms with Crippen LogP contribution >= 0.6 is 11.6 Å². The van der Waals surface area contributed by atoms with Crippen LogP contribution in [0.1, 0.15) is 22.5 Å². The molecule has 6 nitrogen and oxygen atoms in total. The van der Waals surface area contributed by atoms with Gasteiger partial charge in [-0.25, -0.2) is 9.67 Å². The molecule has 2 heterocycles. The van der Waals surface area contributed by atoms with Crippen molar-refractivity contribution in [3.63, 3.8) is 0 Å². The highest BCUT2D eigenvalue weighted by Crippen LogP contribution is 2.11. The summed E-state index contributed by atoms with van der Waals surface area (Å²) in [5.74, 6) is 1.58. The minimum Gasteiger partial charge on any atom is -0.356 e. The van der Waals surface area contributed by atoms with E-state index < -0.39 is 0 Å². The molecule has 0 aliphatic rings. The third kappa shape index (κ3) is 5.33. The number of hydrogen-bond donors (Lipinski definition) is 2. The second-order valence-corrected chi connectivity index (χ2v) is 7.03. The molecule has 3 rings (SSSR count). The third-order valence-corrected chi connectivity index (χ3v) is 4.59. The first-order valence-corrected chi connectivity index (χ1v) is 9.60. The number of aliphatic imine (C=N–C) groups is 1. The number of aryl methyl sites for hydroxylation is 2. The minimum absolute atomic E-state index is 0.644. The number of benzene rings is 1. The van der Waals surface area contributed by atoms with E-state index in [9.17, 15) is 0 Å². The Morgan fingerprint density at radius 2 is 1.82 bits per heavy atom. The topological polar surface area (TPSA) is 67.1 Å². The van der Waals surface area contributed by atoms with Gasteiger partial charge < -0.3 is 10.6 Å². The van der Waals surface area contributed by atoms with Crippen LogP contribution < -0.4 is 10.6 Å². The normalized spacial score (nSPS) is 11.5. The van der Waals surface area contributed by atoms with Gasteiger partial charge in [-0.1, -0.05) is 29.8 Å². The number of aromatic nitrogens is 3. The largest absolute Gasteiger partial charge is 0.356 e. The van der Waals surface area contributed by atoms with Crippen LogP contribution in [-0.2, 0) is 13.0 Å². The summed E-state index contributed by atoms with van der Waals surface area (Å²) in [6.07, 6.45) is 2.76. The fourth-order valence-electron chi connectivity index (χ4n) is 2.89. The van der Waals surface area contributed by atoms with Crippen LogP contribution in [0.2, 0.25) is 5.02 Å². The van der Waals surface area contributed by atoms with E-state index in [2.05, 4.69) is 25.7 Å². The summed E-state index contributed by atoms with van der Waals surface area (Å²) >= 11 is 5.92. The standard InChI is InChI=1S/C21H25ClN6/c1-15-12-16(2)28(27-15)20-9-6-18(13-25-20)14-26-21(23-3)24-11-10-17-4-7-19(22)8-5-17/h4-9,12-13H,10-11,14H2,1-3H3,(H2,23,24,26). The summed E-state index contributed by atoms with van der Waals surface area (Å²) in [5.41, 5.74) is 4.36. The SMILES string of the molecule is CN=C(NCCc1ccc(Cl)cc1)NCc1ccc(-n2nc(C)cc2C)nc1. The molecule has 0 fully saturated rings. The smallest absolute Gasteiger partial charge is 0.191 e. The lowest BCUT2D eigenvalue weighted by atomic mass is 10.1. The number of pyridine rings is 1. The molecule has 0 saturated heterocycles. The van der Waals surface area contributed by atoms with E-state index in [1.807, 2.05) is 67.2 Å². The summed E-state index contributed by atoms with van der Waals surface area (Å²) in [6, 6.07) is 14.0. The van der Waals surface area contributed by atoms with Gasteiger partial charge in [0.05, 0.1) is 5.69 Å². The van der Waals surface area contributed by atoms with Crippen LogP contribution in [0.4, 0.5) is 0 Å². The summed E-state index contributed by atoms with van der Waals surface area (Å²) in [7, 11) is 1.77. The molecular formula is C21H25ClN6. The minimum atomic E-state index is 0.644. The highest BCUT2D eigenvalue weighted by atomic mass is 35.5. The Labute approximate surface area is 170 Å². The van der Waals surface area contributed by atoms with Crippen LogP contribution in [0.3, 0.4) is 0 Å². The van der Waals surface area contributed by atoms with Crippen molar-refractivity contribution < 1.29 is 0 Å². The second-order valence-electron chi connectivity index (χ2n) is 6.59. The van der Waals surface area contributed by atoms with E-state index in [1.165, 1.54) is 5.56 Å². The van der Waals surface area contributed by atoms with Gasteiger partial charge in [-0.15, -0.1) is 0 Å². The zero-order valence-electron chi connectivity index (χ0n) is 16.4. The van der Waals surface area contributed by atoms with Crippen molar-refractivity contribution in [2.45, 2.75) is 26.8 Å². The molecule has 146 valence electrons. The van der Waals surface area contributed by atoms with Crippen LogP contribution in [0.15, 0.2) is 53.7 Å². The van der Waals surface area contributed by atoms with Crippen molar-refractivity contribution >= 4 is 17.6 Å². The molecule has 0 radical (unpaired) electrons. The zero-order valence-corrected chi connectivity index (χ0v) is 17.2. The number of hydrogen-bond acceptors (Lipinski definition) is 3. The molecule has 2 aromatic heterocycles. The highest BCUT2D eigenvalue weighted by Gasteiger charge is 2.05. The molecule has 0 atom stereocenters. The van der Waals surface area contributed by atoms with Crippen LogP contribution in [0.5, 0.6) is 0 Å². The Kier molecular flexibility index (Phi) is 6.66. The quantitative estimate of drug-likeness (QED) is 0.494. The predicted molar refractivity (Wildman–Crippen MR) is 114 cm³/mol. The average Bonchev–Trinajstić information content (AvgIpc) is 3.04.